The lowest BCUT2D eigenvalue weighted by atomic mass is 9.87. The number of hydrogen-bond donors (Lipinski definition) is 2. The smallest absolute Gasteiger partial charge is 0.190 e. The third-order valence-electron chi connectivity index (χ3n) is 2.74. The van der Waals surface area contributed by atoms with Crippen LogP contribution in [0.15, 0.2) is 29.3 Å². The zero-order chi connectivity index (χ0) is 12.9. The molecule has 1 rings (SSSR count). The van der Waals surface area contributed by atoms with E-state index in [1.807, 2.05) is 7.05 Å². The highest BCUT2D eigenvalue weighted by Gasteiger charge is 2.12. The quantitative estimate of drug-likeness (QED) is 0.483. The third-order valence-corrected chi connectivity index (χ3v) is 2.74. The number of benzene rings is 1. The molecule has 1 aromatic carbocycles. The van der Waals surface area contributed by atoms with Crippen molar-refractivity contribution in [3.63, 3.8) is 0 Å². The molecule has 0 radical (unpaired) electrons. The van der Waals surface area contributed by atoms with Gasteiger partial charge in [0.25, 0.3) is 0 Å². The molecule has 0 saturated heterocycles. The minimum atomic E-state index is 0. The van der Waals surface area contributed by atoms with Crippen molar-refractivity contribution in [3.8, 4) is 0 Å². The van der Waals surface area contributed by atoms with Crippen molar-refractivity contribution < 1.29 is 0 Å². The van der Waals surface area contributed by atoms with E-state index in [9.17, 15) is 0 Å². The second-order valence-corrected chi connectivity index (χ2v) is 5.12. The van der Waals surface area contributed by atoms with Crippen LogP contribution in [-0.4, -0.2) is 20.1 Å². The topological polar surface area (TPSA) is 36.4 Å². The average Bonchev–Trinajstić information content (AvgIpc) is 2.30. The minimum absolute atomic E-state index is 0. The van der Waals surface area contributed by atoms with E-state index in [1.165, 1.54) is 11.1 Å². The van der Waals surface area contributed by atoms with E-state index in [2.05, 4.69) is 60.7 Å². The van der Waals surface area contributed by atoms with Gasteiger partial charge in [0, 0.05) is 20.6 Å². The number of halogens is 1. The van der Waals surface area contributed by atoms with E-state index in [0.29, 0.717) is 0 Å². The Bertz CT molecular complexity index is 377. The fourth-order valence-corrected chi connectivity index (χ4v) is 1.59. The van der Waals surface area contributed by atoms with Gasteiger partial charge in [-0.15, -0.1) is 24.0 Å². The predicted molar refractivity (Wildman–Crippen MR) is 89.8 cm³/mol. The Morgan fingerprint density at radius 2 is 1.72 bits per heavy atom. The van der Waals surface area contributed by atoms with Crippen LogP contribution in [0, 0.1) is 0 Å². The van der Waals surface area contributed by atoms with Crippen LogP contribution in [0.4, 0.5) is 0 Å². The summed E-state index contributed by atoms with van der Waals surface area (Å²) in [5.41, 5.74) is 2.83. The van der Waals surface area contributed by atoms with E-state index in [0.717, 1.165) is 12.5 Å². The molecule has 0 bridgehead atoms. The van der Waals surface area contributed by atoms with Gasteiger partial charge < -0.3 is 10.6 Å². The maximum atomic E-state index is 4.07. The molecule has 0 amide bonds. The van der Waals surface area contributed by atoms with Gasteiger partial charge in [-0.25, -0.2) is 0 Å². The van der Waals surface area contributed by atoms with Gasteiger partial charge in [0.05, 0.1) is 0 Å². The summed E-state index contributed by atoms with van der Waals surface area (Å²) in [6, 6.07) is 8.71. The van der Waals surface area contributed by atoms with Crippen LogP contribution >= 0.6 is 24.0 Å². The van der Waals surface area contributed by atoms with Crippen molar-refractivity contribution in [2.24, 2.45) is 4.99 Å². The van der Waals surface area contributed by atoms with E-state index in [4.69, 9.17) is 0 Å². The van der Waals surface area contributed by atoms with Gasteiger partial charge in [0.15, 0.2) is 5.96 Å². The van der Waals surface area contributed by atoms with E-state index >= 15 is 0 Å². The Morgan fingerprint density at radius 3 is 2.11 bits per heavy atom. The molecule has 0 spiro atoms. The number of aliphatic imine (C=N–C) groups is 1. The van der Waals surface area contributed by atoms with Crippen molar-refractivity contribution in [2.75, 3.05) is 14.1 Å². The minimum Gasteiger partial charge on any atom is -0.359 e. The Balaban J connectivity index is 0.00000289. The van der Waals surface area contributed by atoms with Crippen LogP contribution in [0.1, 0.15) is 31.9 Å². The van der Waals surface area contributed by atoms with E-state index < -0.39 is 0 Å². The first-order valence-corrected chi connectivity index (χ1v) is 5.95. The highest BCUT2D eigenvalue weighted by atomic mass is 127. The molecule has 18 heavy (non-hydrogen) atoms. The molecule has 0 heterocycles. The first kappa shape index (κ1) is 17.2. The summed E-state index contributed by atoms with van der Waals surface area (Å²) >= 11 is 0. The van der Waals surface area contributed by atoms with Crippen molar-refractivity contribution in [1.29, 1.82) is 0 Å². The summed E-state index contributed by atoms with van der Waals surface area (Å²) in [6.45, 7) is 7.47. The van der Waals surface area contributed by atoms with Gasteiger partial charge >= 0.3 is 0 Å². The van der Waals surface area contributed by atoms with Gasteiger partial charge in [0.1, 0.15) is 0 Å². The SMILES string of the molecule is CN=C(NC)NCc1ccc(C(C)(C)C)cc1.I. The summed E-state index contributed by atoms with van der Waals surface area (Å²) in [5, 5.41) is 6.23. The summed E-state index contributed by atoms with van der Waals surface area (Å²) < 4.78 is 0. The van der Waals surface area contributed by atoms with Crippen molar-refractivity contribution in [3.05, 3.63) is 35.4 Å². The van der Waals surface area contributed by atoms with Gasteiger partial charge in [-0.3, -0.25) is 4.99 Å². The van der Waals surface area contributed by atoms with Gasteiger partial charge in [-0.1, -0.05) is 45.0 Å². The van der Waals surface area contributed by atoms with Crippen LogP contribution in [0.25, 0.3) is 0 Å². The molecule has 0 aliphatic rings. The summed E-state index contributed by atoms with van der Waals surface area (Å²) in [4.78, 5) is 4.07. The molecular weight excluding hydrogens is 337 g/mol. The zero-order valence-corrected chi connectivity index (χ0v) is 14.2. The van der Waals surface area contributed by atoms with Crippen LogP contribution < -0.4 is 10.6 Å². The van der Waals surface area contributed by atoms with Crippen molar-refractivity contribution in [1.82, 2.24) is 10.6 Å². The highest BCUT2D eigenvalue weighted by Crippen LogP contribution is 2.21. The predicted octanol–water partition coefficient (Wildman–Crippen LogP) is 2.90. The standard InChI is InChI=1S/C14H23N3.HI/c1-14(2,3)12-8-6-11(7-9-12)10-17-13(15-4)16-5;/h6-9H,10H2,1-5H3,(H2,15,16,17);1H. The number of nitrogens with one attached hydrogen (secondary N) is 2. The monoisotopic (exact) mass is 361 g/mol. The van der Waals surface area contributed by atoms with Crippen LogP contribution in [0.3, 0.4) is 0 Å². The van der Waals surface area contributed by atoms with Crippen molar-refractivity contribution >= 4 is 29.9 Å². The fourth-order valence-electron chi connectivity index (χ4n) is 1.59. The molecule has 0 aromatic heterocycles. The van der Waals surface area contributed by atoms with Gasteiger partial charge in [0.2, 0.25) is 0 Å². The average molecular weight is 361 g/mol. The molecule has 0 fully saturated rings. The molecule has 102 valence electrons. The van der Waals surface area contributed by atoms with Gasteiger partial charge in [-0.2, -0.15) is 0 Å². The fraction of sp³-hybridized carbons (Fsp3) is 0.500. The lowest BCUT2D eigenvalue weighted by Crippen LogP contribution is -2.34. The van der Waals surface area contributed by atoms with Crippen LogP contribution in [-0.2, 0) is 12.0 Å². The maximum Gasteiger partial charge on any atom is 0.190 e. The summed E-state index contributed by atoms with van der Waals surface area (Å²) in [7, 11) is 3.62. The molecular formula is C14H24IN3. The molecule has 3 nitrogen and oxygen atoms in total. The van der Waals surface area contributed by atoms with Crippen LogP contribution in [0.2, 0.25) is 0 Å². The Labute approximate surface area is 127 Å². The van der Waals surface area contributed by atoms with Crippen LogP contribution in [0.5, 0.6) is 0 Å². The highest BCUT2D eigenvalue weighted by molar-refractivity contribution is 14.0. The molecule has 4 heteroatoms. The molecule has 0 aliphatic carbocycles. The molecule has 2 N–H and O–H groups in total. The van der Waals surface area contributed by atoms with Gasteiger partial charge in [-0.05, 0) is 16.5 Å². The number of guanidine groups is 1. The summed E-state index contributed by atoms with van der Waals surface area (Å²) in [5.74, 6) is 0.810. The van der Waals surface area contributed by atoms with E-state index in [1.54, 1.807) is 7.05 Å². The second kappa shape index (κ2) is 7.61. The second-order valence-electron chi connectivity index (χ2n) is 5.12. The number of hydrogen-bond acceptors (Lipinski definition) is 1. The normalized spacial score (nSPS) is 11.7. The molecule has 0 saturated carbocycles. The Kier molecular flexibility index (Phi) is 7.28. The van der Waals surface area contributed by atoms with Crippen molar-refractivity contribution in [2.45, 2.75) is 32.7 Å². The first-order valence-electron chi connectivity index (χ1n) is 5.95. The summed E-state index contributed by atoms with van der Waals surface area (Å²) in [6.07, 6.45) is 0. The maximum absolute atomic E-state index is 4.07. The number of rotatable bonds is 2. The lowest BCUT2D eigenvalue weighted by Gasteiger charge is -2.19. The molecule has 0 unspecified atom stereocenters. The largest absolute Gasteiger partial charge is 0.359 e. The Hall–Kier alpha value is -0.780. The number of nitrogens with zero attached hydrogens (tertiary/aromatic N) is 1. The first-order chi connectivity index (χ1) is 7.97. The molecule has 0 atom stereocenters. The zero-order valence-electron chi connectivity index (χ0n) is 11.9. The molecule has 0 aliphatic heterocycles. The molecule has 1 aromatic rings. The van der Waals surface area contributed by atoms with E-state index in [-0.39, 0.29) is 29.4 Å². The Morgan fingerprint density at radius 1 is 1.17 bits per heavy atom. The lowest BCUT2D eigenvalue weighted by molar-refractivity contribution is 0.590. The third kappa shape index (κ3) is 5.25.